The highest BCUT2D eigenvalue weighted by Crippen LogP contribution is 2.52. The van der Waals surface area contributed by atoms with Gasteiger partial charge in [-0.15, -0.1) is 0 Å². The van der Waals surface area contributed by atoms with Crippen LogP contribution < -0.4 is 5.32 Å². The lowest BCUT2D eigenvalue weighted by Gasteiger charge is -2.22. The summed E-state index contributed by atoms with van der Waals surface area (Å²) in [5.41, 5.74) is 2.16. The summed E-state index contributed by atoms with van der Waals surface area (Å²) in [6.45, 7) is 13.0. The van der Waals surface area contributed by atoms with Gasteiger partial charge < -0.3 is 10.2 Å². The lowest BCUT2D eigenvalue weighted by molar-refractivity contribution is 0.0772. The van der Waals surface area contributed by atoms with E-state index >= 15 is 0 Å². The molecule has 1 aliphatic heterocycles. The molecule has 36 heavy (non-hydrogen) atoms. The van der Waals surface area contributed by atoms with Crippen molar-refractivity contribution in [2.24, 2.45) is 17.8 Å². The van der Waals surface area contributed by atoms with Gasteiger partial charge in [-0.2, -0.15) is 4.31 Å². The van der Waals surface area contributed by atoms with Crippen LogP contribution in [0.1, 0.15) is 60.9 Å². The van der Waals surface area contributed by atoms with Crippen LogP contribution in [0.4, 0.5) is 0 Å². The second-order valence-electron chi connectivity index (χ2n) is 10.9. The number of sulfonamides is 1. The first kappa shape index (κ1) is 26.4. The monoisotopic (exact) mass is 511 g/mol. The molecule has 1 N–H and O–H groups in total. The van der Waals surface area contributed by atoms with Crippen molar-refractivity contribution in [3.8, 4) is 0 Å². The van der Waals surface area contributed by atoms with Crippen molar-refractivity contribution in [1.82, 2.24) is 14.5 Å². The van der Waals surface area contributed by atoms with Crippen molar-refractivity contribution in [3.63, 3.8) is 0 Å². The van der Waals surface area contributed by atoms with Gasteiger partial charge in [0, 0.05) is 43.9 Å². The summed E-state index contributed by atoms with van der Waals surface area (Å²) in [5, 5.41) is 2.99. The predicted molar refractivity (Wildman–Crippen MR) is 140 cm³/mol. The van der Waals surface area contributed by atoms with Crippen molar-refractivity contribution in [2.45, 2.75) is 44.9 Å². The molecule has 2 aliphatic rings. The fraction of sp³-hybridized carbons (Fsp3) is 0.500. The van der Waals surface area contributed by atoms with E-state index in [1.807, 2.05) is 26.0 Å². The van der Waals surface area contributed by atoms with Crippen LogP contribution in [0.2, 0.25) is 0 Å². The van der Waals surface area contributed by atoms with E-state index in [1.165, 1.54) is 0 Å². The summed E-state index contributed by atoms with van der Waals surface area (Å²) in [4.78, 5) is 27.1. The first-order valence-corrected chi connectivity index (χ1v) is 14.2. The average molecular weight is 512 g/mol. The molecule has 2 aromatic carbocycles. The van der Waals surface area contributed by atoms with E-state index in [1.54, 1.807) is 45.6 Å². The van der Waals surface area contributed by atoms with Gasteiger partial charge in [-0.3, -0.25) is 9.59 Å². The molecule has 4 rings (SSSR count). The van der Waals surface area contributed by atoms with E-state index in [2.05, 4.69) is 26.1 Å². The number of hydrogen-bond donors (Lipinski definition) is 1. The van der Waals surface area contributed by atoms with Crippen LogP contribution in [0, 0.1) is 17.8 Å². The van der Waals surface area contributed by atoms with E-state index in [4.69, 9.17) is 0 Å². The van der Waals surface area contributed by atoms with Crippen molar-refractivity contribution < 1.29 is 18.0 Å². The maximum Gasteiger partial charge on any atom is 0.253 e. The quantitative estimate of drug-likeness (QED) is 0.585. The molecule has 7 nitrogen and oxygen atoms in total. The fourth-order valence-corrected chi connectivity index (χ4v) is 6.67. The minimum atomic E-state index is -3.51. The Kier molecular flexibility index (Phi) is 7.30. The zero-order valence-corrected chi connectivity index (χ0v) is 22.6. The highest BCUT2D eigenvalue weighted by molar-refractivity contribution is 7.89. The number of carbonyl (C=O) groups is 2. The normalized spacial score (nSPS) is 21.6. The van der Waals surface area contributed by atoms with Crippen LogP contribution in [-0.4, -0.2) is 62.2 Å². The minimum absolute atomic E-state index is 0.0278. The molecule has 0 spiro atoms. The van der Waals surface area contributed by atoms with Crippen molar-refractivity contribution >= 4 is 21.8 Å². The van der Waals surface area contributed by atoms with Gasteiger partial charge in [0.15, 0.2) is 0 Å². The molecule has 194 valence electrons. The number of nitrogens with one attached hydrogen (secondary N) is 1. The molecule has 2 fully saturated rings. The van der Waals surface area contributed by atoms with Gasteiger partial charge in [0.25, 0.3) is 11.8 Å². The lowest BCUT2D eigenvalue weighted by atomic mass is 9.87. The Labute approximate surface area is 214 Å². The molecule has 0 radical (unpaired) electrons. The fourth-order valence-electron chi connectivity index (χ4n) is 5.16. The summed E-state index contributed by atoms with van der Waals surface area (Å²) in [5.74, 6) is 0.644. The number of rotatable bonds is 8. The predicted octanol–water partition coefficient (Wildman–Crippen LogP) is 3.76. The first-order valence-electron chi connectivity index (χ1n) is 12.8. The van der Waals surface area contributed by atoms with Gasteiger partial charge in [-0.05, 0) is 79.0 Å². The highest BCUT2D eigenvalue weighted by Gasteiger charge is 2.57. The van der Waals surface area contributed by atoms with Gasteiger partial charge in [0.2, 0.25) is 10.0 Å². The molecule has 2 unspecified atom stereocenters. The van der Waals surface area contributed by atoms with Crippen LogP contribution in [0.3, 0.4) is 0 Å². The van der Waals surface area contributed by atoms with E-state index < -0.39 is 10.0 Å². The largest absolute Gasteiger partial charge is 0.352 e. The molecule has 2 aromatic rings. The molecule has 8 heteroatoms. The van der Waals surface area contributed by atoms with Crippen LogP contribution in [-0.2, 0) is 15.4 Å². The third-order valence-electron chi connectivity index (χ3n) is 7.64. The standard InChI is InChI=1S/C28H37N3O4S/c1-6-30(7-2)27(33)20-10-8-19(9-11-20)26(32)29-16-23-24-17-31(18-25(23)24)36(34,35)22-14-12-21(13-15-22)28(3,4)5/h8-15,23-25H,6-7,16-18H2,1-5H3,(H,29,32). The van der Waals surface area contributed by atoms with E-state index in [0.717, 1.165) is 5.56 Å². The van der Waals surface area contributed by atoms with Crippen LogP contribution in [0.25, 0.3) is 0 Å². The number of benzene rings is 2. The van der Waals surface area contributed by atoms with Crippen LogP contribution >= 0.6 is 0 Å². The molecular weight excluding hydrogens is 474 g/mol. The number of amides is 2. The number of hydrogen-bond acceptors (Lipinski definition) is 4. The maximum absolute atomic E-state index is 13.1. The summed E-state index contributed by atoms with van der Waals surface area (Å²) in [7, 11) is -3.51. The first-order chi connectivity index (χ1) is 17.0. The Hall–Kier alpha value is -2.71. The summed E-state index contributed by atoms with van der Waals surface area (Å²) in [6.07, 6.45) is 0. The number of nitrogens with zero attached hydrogens (tertiary/aromatic N) is 2. The van der Waals surface area contributed by atoms with Gasteiger partial charge in [0.1, 0.15) is 0 Å². The third-order valence-corrected chi connectivity index (χ3v) is 9.48. The zero-order valence-electron chi connectivity index (χ0n) is 21.8. The van der Waals surface area contributed by atoms with E-state index in [0.29, 0.717) is 54.7 Å². The minimum Gasteiger partial charge on any atom is -0.352 e. The van der Waals surface area contributed by atoms with Crippen molar-refractivity contribution in [3.05, 3.63) is 65.2 Å². The Morgan fingerprint density at radius 1 is 0.917 bits per heavy atom. The molecule has 1 saturated heterocycles. The Balaban J connectivity index is 1.28. The van der Waals surface area contributed by atoms with Gasteiger partial charge in [-0.1, -0.05) is 32.9 Å². The number of carbonyl (C=O) groups excluding carboxylic acids is 2. The van der Waals surface area contributed by atoms with Crippen LogP contribution in [0.5, 0.6) is 0 Å². The molecule has 0 aromatic heterocycles. The van der Waals surface area contributed by atoms with Crippen molar-refractivity contribution in [2.75, 3.05) is 32.7 Å². The van der Waals surface area contributed by atoms with Crippen LogP contribution in [0.15, 0.2) is 53.4 Å². The lowest BCUT2D eigenvalue weighted by Crippen LogP contribution is -2.34. The summed E-state index contributed by atoms with van der Waals surface area (Å²) < 4.78 is 27.8. The molecule has 1 aliphatic carbocycles. The second-order valence-corrected chi connectivity index (χ2v) is 12.8. The Bertz CT molecular complexity index is 1200. The second kappa shape index (κ2) is 9.98. The van der Waals surface area contributed by atoms with Crippen molar-refractivity contribution in [1.29, 1.82) is 0 Å². The topological polar surface area (TPSA) is 86.8 Å². The molecule has 2 atom stereocenters. The number of fused-ring (bicyclic) bond motifs is 1. The molecular formula is C28H37N3O4S. The maximum atomic E-state index is 13.1. The van der Waals surface area contributed by atoms with Gasteiger partial charge >= 0.3 is 0 Å². The smallest absolute Gasteiger partial charge is 0.253 e. The van der Waals surface area contributed by atoms with E-state index in [9.17, 15) is 18.0 Å². The van der Waals surface area contributed by atoms with Gasteiger partial charge in [0.05, 0.1) is 4.90 Å². The third kappa shape index (κ3) is 5.20. The zero-order chi connectivity index (χ0) is 26.3. The molecule has 0 bridgehead atoms. The SMILES string of the molecule is CCN(CC)C(=O)c1ccc(C(=O)NCC2C3CN(S(=O)(=O)c4ccc(C(C)(C)C)cc4)CC23)cc1. The number of piperidine rings is 1. The molecule has 1 saturated carbocycles. The molecule has 1 heterocycles. The highest BCUT2D eigenvalue weighted by atomic mass is 32.2. The van der Waals surface area contributed by atoms with Gasteiger partial charge in [-0.25, -0.2) is 8.42 Å². The Morgan fingerprint density at radius 3 is 1.94 bits per heavy atom. The average Bonchev–Trinajstić information content (AvgIpc) is 3.30. The summed E-state index contributed by atoms with van der Waals surface area (Å²) in [6, 6.07) is 14.0. The molecule has 2 amide bonds. The Morgan fingerprint density at radius 2 is 1.44 bits per heavy atom. The van der Waals surface area contributed by atoms with E-state index in [-0.39, 0.29) is 29.1 Å². The summed E-state index contributed by atoms with van der Waals surface area (Å²) >= 11 is 0.